The van der Waals surface area contributed by atoms with Crippen LogP contribution in [0.5, 0.6) is 0 Å². The van der Waals surface area contributed by atoms with Gasteiger partial charge in [-0.15, -0.1) is 11.8 Å². The van der Waals surface area contributed by atoms with E-state index in [9.17, 15) is 14.0 Å². The molecule has 1 unspecified atom stereocenters. The summed E-state index contributed by atoms with van der Waals surface area (Å²) in [7, 11) is 0. The van der Waals surface area contributed by atoms with Gasteiger partial charge < -0.3 is 15.1 Å². The maximum Gasteiger partial charge on any atom is 0.252 e. The van der Waals surface area contributed by atoms with Gasteiger partial charge in [0.05, 0.1) is 29.6 Å². The summed E-state index contributed by atoms with van der Waals surface area (Å²) in [6.45, 7) is 0.947. The summed E-state index contributed by atoms with van der Waals surface area (Å²) in [5.41, 5.74) is 1.93. The highest BCUT2D eigenvalue weighted by molar-refractivity contribution is 7.99. The molecule has 2 amide bonds. The Morgan fingerprint density at radius 3 is 3.03 bits per heavy atom. The molecule has 156 valence electrons. The Morgan fingerprint density at radius 2 is 2.23 bits per heavy atom. The maximum atomic E-state index is 13.8. The highest BCUT2D eigenvalue weighted by atomic mass is 32.2. The van der Waals surface area contributed by atoms with E-state index in [1.54, 1.807) is 12.3 Å². The number of amides is 2. The molecular formula is C21H22FN5O2S. The molecule has 9 heteroatoms. The lowest BCUT2D eigenvalue weighted by Gasteiger charge is -2.31. The number of nitrogens with zero attached hydrogens (tertiary/aromatic N) is 4. The van der Waals surface area contributed by atoms with Crippen LogP contribution in [0.2, 0.25) is 0 Å². The van der Waals surface area contributed by atoms with E-state index in [1.807, 2.05) is 23.1 Å². The predicted molar refractivity (Wildman–Crippen MR) is 114 cm³/mol. The van der Waals surface area contributed by atoms with Crippen LogP contribution in [-0.2, 0) is 4.79 Å². The lowest BCUT2D eigenvalue weighted by Crippen LogP contribution is -2.42. The van der Waals surface area contributed by atoms with Gasteiger partial charge in [-0.25, -0.2) is 4.39 Å². The van der Waals surface area contributed by atoms with Crippen LogP contribution >= 0.6 is 11.8 Å². The Labute approximate surface area is 178 Å². The number of hydrogen-bond donors (Lipinski definition) is 1. The lowest BCUT2D eigenvalue weighted by atomic mass is 10.0. The van der Waals surface area contributed by atoms with Crippen molar-refractivity contribution in [1.82, 2.24) is 15.2 Å². The third kappa shape index (κ3) is 4.19. The molecule has 0 radical (unpaired) electrons. The van der Waals surface area contributed by atoms with E-state index in [0.29, 0.717) is 41.1 Å². The van der Waals surface area contributed by atoms with Crippen LogP contribution in [0.25, 0.3) is 10.9 Å². The van der Waals surface area contributed by atoms with E-state index in [0.717, 1.165) is 18.7 Å². The van der Waals surface area contributed by atoms with Crippen LogP contribution in [0.3, 0.4) is 0 Å². The van der Waals surface area contributed by atoms with Crippen LogP contribution in [0.1, 0.15) is 23.2 Å². The molecule has 7 nitrogen and oxygen atoms in total. The Bertz CT molecular complexity index is 1010. The number of carbonyl (C=O) groups is 2. The summed E-state index contributed by atoms with van der Waals surface area (Å²) in [4.78, 5) is 33.0. The van der Waals surface area contributed by atoms with Gasteiger partial charge in [0.25, 0.3) is 5.91 Å². The SMILES string of the molecule is N#C[C@@H]1CSCN1C(=O)CNC(=O)c1ccnc2ccc(N3CCCC(F)C3)cc12. The van der Waals surface area contributed by atoms with Crippen molar-refractivity contribution in [3.8, 4) is 6.07 Å². The van der Waals surface area contributed by atoms with E-state index < -0.39 is 12.2 Å². The molecule has 2 saturated heterocycles. The minimum absolute atomic E-state index is 0.170. The van der Waals surface area contributed by atoms with Crippen molar-refractivity contribution in [2.75, 3.05) is 36.2 Å². The third-order valence-electron chi connectivity index (χ3n) is 5.45. The highest BCUT2D eigenvalue weighted by Gasteiger charge is 2.29. The first-order chi connectivity index (χ1) is 14.6. The van der Waals surface area contributed by atoms with Crippen molar-refractivity contribution < 1.29 is 14.0 Å². The zero-order valence-electron chi connectivity index (χ0n) is 16.4. The van der Waals surface area contributed by atoms with Gasteiger partial charge in [0.2, 0.25) is 5.91 Å². The number of hydrogen-bond acceptors (Lipinski definition) is 6. The van der Waals surface area contributed by atoms with Crippen LogP contribution in [0.15, 0.2) is 30.5 Å². The number of nitrogens with one attached hydrogen (secondary N) is 1. The number of carbonyl (C=O) groups excluding carboxylic acids is 2. The Hall–Kier alpha value is -2.86. The van der Waals surface area contributed by atoms with E-state index in [2.05, 4.69) is 16.4 Å². The number of nitriles is 1. The van der Waals surface area contributed by atoms with Crippen molar-refractivity contribution >= 4 is 40.2 Å². The second kappa shape index (κ2) is 8.88. The smallest absolute Gasteiger partial charge is 0.252 e. The summed E-state index contributed by atoms with van der Waals surface area (Å²) in [6.07, 6.45) is 2.08. The zero-order valence-corrected chi connectivity index (χ0v) is 17.2. The van der Waals surface area contributed by atoms with Crippen molar-refractivity contribution in [3.63, 3.8) is 0 Å². The van der Waals surface area contributed by atoms with Crippen LogP contribution in [0.4, 0.5) is 10.1 Å². The maximum absolute atomic E-state index is 13.8. The van der Waals surface area contributed by atoms with E-state index in [4.69, 9.17) is 5.26 Å². The standard InChI is InChI=1S/C21H22FN5O2S/c22-14-2-1-7-26(11-14)15-3-4-19-18(8-15)17(5-6-24-19)21(29)25-10-20(28)27-13-30-12-16(27)9-23/h3-6,8,14,16H,1-2,7,10-13H2,(H,25,29)/t14?,16-/m1/s1. The van der Waals surface area contributed by atoms with Gasteiger partial charge in [-0.2, -0.15) is 5.26 Å². The Balaban J connectivity index is 1.51. The number of aromatic nitrogens is 1. The molecule has 0 bridgehead atoms. The van der Waals surface area contributed by atoms with Crippen LogP contribution in [0, 0.1) is 11.3 Å². The summed E-state index contributed by atoms with van der Waals surface area (Å²) < 4.78 is 13.8. The average molecular weight is 428 g/mol. The van der Waals surface area contributed by atoms with Gasteiger partial charge in [0.15, 0.2) is 0 Å². The summed E-state index contributed by atoms with van der Waals surface area (Å²) in [5.74, 6) is 0.390. The normalized spacial score (nSPS) is 21.5. The van der Waals surface area contributed by atoms with Crippen LogP contribution in [-0.4, -0.2) is 65.2 Å². The topological polar surface area (TPSA) is 89.3 Å². The fourth-order valence-corrected chi connectivity index (χ4v) is 4.94. The van der Waals surface area contributed by atoms with E-state index >= 15 is 0 Å². The van der Waals surface area contributed by atoms with Gasteiger partial charge >= 0.3 is 0 Å². The quantitative estimate of drug-likeness (QED) is 0.806. The minimum atomic E-state index is -0.849. The van der Waals surface area contributed by atoms with Gasteiger partial charge in [0, 0.05) is 36.1 Å². The molecule has 2 aliphatic heterocycles. The molecule has 30 heavy (non-hydrogen) atoms. The van der Waals surface area contributed by atoms with Crippen molar-refractivity contribution in [3.05, 3.63) is 36.0 Å². The summed E-state index contributed by atoms with van der Waals surface area (Å²) in [6, 6.07) is 8.86. The average Bonchev–Trinajstić information content (AvgIpc) is 3.25. The van der Waals surface area contributed by atoms with Crippen molar-refractivity contribution in [2.24, 2.45) is 0 Å². The number of halogens is 1. The van der Waals surface area contributed by atoms with Gasteiger partial charge in [-0.1, -0.05) is 0 Å². The summed E-state index contributed by atoms with van der Waals surface area (Å²) in [5, 5.41) is 12.5. The number of piperidine rings is 1. The second-order valence-corrected chi connectivity index (χ2v) is 8.44. The molecule has 1 aromatic heterocycles. The number of benzene rings is 1. The van der Waals surface area contributed by atoms with Gasteiger partial charge in [-0.3, -0.25) is 14.6 Å². The summed E-state index contributed by atoms with van der Waals surface area (Å²) >= 11 is 1.52. The van der Waals surface area contributed by atoms with Crippen molar-refractivity contribution in [1.29, 1.82) is 5.26 Å². The molecule has 2 aromatic rings. The monoisotopic (exact) mass is 427 g/mol. The number of alkyl halides is 1. The van der Waals surface area contributed by atoms with Crippen LogP contribution < -0.4 is 10.2 Å². The molecule has 2 fully saturated rings. The Kier molecular flexibility index (Phi) is 6.04. The molecule has 0 saturated carbocycles. The highest BCUT2D eigenvalue weighted by Crippen LogP contribution is 2.27. The largest absolute Gasteiger partial charge is 0.369 e. The molecule has 3 heterocycles. The lowest BCUT2D eigenvalue weighted by molar-refractivity contribution is -0.129. The first-order valence-corrected chi connectivity index (χ1v) is 11.0. The van der Waals surface area contributed by atoms with E-state index in [1.165, 1.54) is 16.7 Å². The minimum Gasteiger partial charge on any atom is -0.369 e. The first-order valence-electron chi connectivity index (χ1n) is 9.89. The van der Waals surface area contributed by atoms with Gasteiger partial charge in [0.1, 0.15) is 12.2 Å². The second-order valence-electron chi connectivity index (χ2n) is 7.44. The molecular weight excluding hydrogens is 405 g/mol. The third-order valence-corrected chi connectivity index (χ3v) is 6.46. The van der Waals surface area contributed by atoms with Gasteiger partial charge in [-0.05, 0) is 37.1 Å². The fraction of sp³-hybridized carbons (Fsp3) is 0.429. The number of rotatable bonds is 4. The number of thioether (sulfide) groups is 1. The predicted octanol–water partition coefficient (Wildman–Crippen LogP) is 2.33. The molecule has 2 aliphatic rings. The molecule has 1 N–H and O–H groups in total. The number of anilines is 1. The Morgan fingerprint density at radius 1 is 1.37 bits per heavy atom. The number of pyridine rings is 1. The number of fused-ring (bicyclic) bond motifs is 1. The molecule has 0 aliphatic carbocycles. The first kappa shape index (κ1) is 20.4. The molecule has 1 aromatic carbocycles. The molecule has 4 rings (SSSR count). The zero-order chi connectivity index (χ0) is 21.1. The molecule has 2 atom stereocenters. The fourth-order valence-electron chi connectivity index (χ4n) is 3.84. The van der Waals surface area contributed by atoms with Crippen molar-refractivity contribution in [2.45, 2.75) is 25.1 Å². The van der Waals surface area contributed by atoms with E-state index in [-0.39, 0.29) is 18.4 Å². The molecule has 0 spiro atoms.